The third-order valence-corrected chi connectivity index (χ3v) is 7.22. The first kappa shape index (κ1) is 20.6. The first-order chi connectivity index (χ1) is 16.6. The third kappa shape index (κ3) is 3.72. The van der Waals surface area contributed by atoms with E-state index < -0.39 is 0 Å². The van der Waals surface area contributed by atoms with E-state index in [1.165, 1.54) is 0 Å². The maximum absolute atomic E-state index is 13.0. The van der Waals surface area contributed by atoms with Gasteiger partial charge < -0.3 is 14.6 Å². The Labute approximate surface area is 195 Å². The number of likely N-dealkylation sites (tertiary alicyclic amines) is 1. The largest absolute Gasteiger partial charge is 0.449 e. The Bertz CT molecular complexity index is 1300. The van der Waals surface area contributed by atoms with Crippen molar-refractivity contribution in [2.24, 2.45) is 11.3 Å². The Morgan fingerprint density at radius 2 is 2.00 bits per heavy atom. The highest BCUT2D eigenvalue weighted by molar-refractivity contribution is 5.96. The Morgan fingerprint density at radius 1 is 1.12 bits per heavy atom. The topological polar surface area (TPSA) is 106 Å². The number of hydrogen-bond acceptors (Lipinski definition) is 6. The number of pyridine rings is 2. The van der Waals surface area contributed by atoms with Crippen molar-refractivity contribution in [1.29, 1.82) is 0 Å². The number of fused-ring (bicyclic) bond motifs is 1. The number of rotatable bonds is 5. The highest BCUT2D eigenvalue weighted by Gasteiger charge is 2.54. The number of furan rings is 1. The standard InChI is InChI=1S/C25H24N6O3/c32-23(20-11-17-3-6-26-15-21(17)34-20)29-14-19-12-25(19)4-8-30(9-5-25)24(33)18-1-2-22(28-13-18)31-10-7-27-16-31/h1-3,6-7,10-11,13,15-16,19H,4-5,8-9,12,14H2,(H,29,32). The van der Waals surface area contributed by atoms with Crippen LogP contribution in [0.1, 0.15) is 40.2 Å². The molecule has 0 bridgehead atoms. The Balaban J connectivity index is 1.01. The summed E-state index contributed by atoms with van der Waals surface area (Å²) in [5.41, 5.74) is 1.44. The average Bonchev–Trinajstić information content (AvgIpc) is 3.26. The van der Waals surface area contributed by atoms with Gasteiger partial charge in [-0.1, -0.05) is 0 Å². The predicted octanol–water partition coefficient (Wildman–Crippen LogP) is 3.08. The Morgan fingerprint density at radius 3 is 2.74 bits per heavy atom. The minimum atomic E-state index is -0.197. The van der Waals surface area contributed by atoms with Gasteiger partial charge in [-0.05, 0) is 54.9 Å². The highest BCUT2D eigenvalue weighted by Crippen LogP contribution is 2.59. The molecule has 1 atom stereocenters. The van der Waals surface area contributed by atoms with Crippen molar-refractivity contribution in [3.05, 3.63) is 72.9 Å². The number of amides is 2. The molecule has 1 saturated carbocycles. The van der Waals surface area contributed by atoms with Crippen molar-refractivity contribution >= 4 is 22.8 Å². The van der Waals surface area contributed by atoms with E-state index >= 15 is 0 Å². The lowest BCUT2D eigenvalue weighted by molar-refractivity contribution is 0.0668. The fourth-order valence-electron chi connectivity index (χ4n) is 5.03. The molecule has 34 heavy (non-hydrogen) atoms. The highest BCUT2D eigenvalue weighted by atomic mass is 16.3. The molecule has 2 amide bonds. The monoisotopic (exact) mass is 456 g/mol. The second kappa shape index (κ2) is 8.09. The SMILES string of the molecule is O=C(NCC1CC12CCN(C(=O)c1ccc(-n3ccnc3)nc1)CC2)c1cc2ccncc2o1. The van der Waals surface area contributed by atoms with Crippen molar-refractivity contribution in [2.75, 3.05) is 19.6 Å². The number of piperidine rings is 1. The van der Waals surface area contributed by atoms with E-state index in [2.05, 4.69) is 20.3 Å². The van der Waals surface area contributed by atoms with Crippen LogP contribution in [0.2, 0.25) is 0 Å². The van der Waals surface area contributed by atoms with Crippen molar-refractivity contribution in [2.45, 2.75) is 19.3 Å². The van der Waals surface area contributed by atoms with Crippen LogP contribution in [-0.4, -0.2) is 55.9 Å². The number of hydrogen-bond donors (Lipinski definition) is 1. The molecule has 2 aliphatic rings. The minimum absolute atomic E-state index is 0.0180. The summed E-state index contributed by atoms with van der Waals surface area (Å²) in [6.07, 6.45) is 13.1. The third-order valence-electron chi connectivity index (χ3n) is 7.22. The van der Waals surface area contributed by atoms with Crippen LogP contribution in [0.5, 0.6) is 0 Å². The van der Waals surface area contributed by atoms with Gasteiger partial charge in [0.05, 0.1) is 11.8 Å². The number of aromatic nitrogens is 4. The summed E-state index contributed by atoms with van der Waals surface area (Å²) >= 11 is 0. The molecule has 5 heterocycles. The molecule has 0 radical (unpaired) electrons. The Hall–Kier alpha value is -4.01. The fraction of sp³-hybridized carbons (Fsp3) is 0.320. The zero-order valence-corrected chi connectivity index (χ0v) is 18.6. The molecule has 9 nitrogen and oxygen atoms in total. The summed E-state index contributed by atoms with van der Waals surface area (Å²) in [5, 5.41) is 3.89. The lowest BCUT2D eigenvalue weighted by Gasteiger charge is -2.33. The van der Waals surface area contributed by atoms with E-state index in [1.807, 2.05) is 29.3 Å². The smallest absolute Gasteiger partial charge is 0.287 e. The quantitative estimate of drug-likeness (QED) is 0.495. The molecule has 1 aliphatic heterocycles. The first-order valence-electron chi connectivity index (χ1n) is 11.5. The molecule has 1 saturated heterocycles. The molecule has 0 aromatic carbocycles. The maximum Gasteiger partial charge on any atom is 0.287 e. The van der Waals surface area contributed by atoms with Crippen LogP contribution in [0, 0.1) is 11.3 Å². The van der Waals surface area contributed by atoms with Crippen LogP contribution in [0.15, 0.2) is 66.0 Å². The van der Waals surface area contributed by atoms with E-state index in [0.717, 1.165) is 43.6 Å². The van der Waals surface area contributed by atoms with Crippen molar-refractivity contribution in [3.63, 3.8) is 0 Å². The molecular formula is C25H24N6O3. The molecule has 4 aromatic heterocycles. The van der Waals surface area contributed by atoms with E-state index in [1.54, 1.807) is 41.7 Å². The van der Waals surface area contributed by atoms with Crippen LogP contribution in [0.25, 0.3) is 16.8 Å². The molecular weight excluding hydrogens is 432 g/mol. The molecule has 2 fully saturated rings. The van der Waals surface area contributed by atoms with Crippen molar-refractivity contribution in [1.82, 2.24) is 29.7 Å². The summed E-state index contributed by atoms with van der Waals surface area (Å²) < 4.78 is 7.40. The summed E-state index contributed by atoms with van der Waals surface area (Å²) in [5.74, 6) is 1.30. The molecule has 1 unspecified atom stereocenters. The Kier molecular flexibility index (Phi) is 4.90. The van der Waals surface area contributed by atoms with Gasteiger partial charge in [-0.2, -0.15) is 0 Å². The van der Waals surface area contributed by atoms with Gasteiger partial charge in [0.25, 0.3) is 11.8 Å². The van der Waals surface area contributed by atoms with E-state index in [4.69, 9.17) is 4.42 Å². The van der Waals surface area contributed by atoms with E-state index in [0.29, 0.717) is 29.4 Å². The zero-order chi connectivity index (χ0) is 23.1. The van der Waals surface area contributed by atoms with Gasteiger partial charge in [0.2, 0.25) is 0 Å². The normalized spacial score (nSPS) is 18.8. The molecule has 4 aromatic rings. The van der Waals surface area contributed by atoms with Gasteiger partial charge >= 0.3 is 0 Å². The van der Waals surface area contributed by atoms with E-state index in [-0.39, 0.29) is 17.2 Å². The van der Waals surface area contributed by atoms with Gasteiger partial charge in [0.15, 0.2) is 11.3 Å². The van der Waals surface area contributed by atoms with Crippen molar-refractivity contribution < 1.29 is 14.0 Å². The van der Waals surface area contributed by atoms with Gasteiger partial charge in [-0.15, -0.1) is 0 Å². The van der Waals surface area contributed by atoms with Crippen LogP contribution < -0.4 is 5.32 Å². The van der Waals surface area contributed by atoms with Crippen LogP contribution in [-0.2, 0) is 0 Å². The first-order valence-corrected chi connectivity index (χ1v) is 11.5. The zero-order valence-electron chi connectivity index (χ0n) is 18.6. The number of carbonyl (C=O) groups excluding carboxylic acids is 2. The number of nitrogens with one attached hydrogen (secondary N) is 1. The molecule has 9 heteroatoms. The fourth-order valence-corrected chi connectivity index (χ4v) is 5.03. The van der Waals surface area contributed by atoms with Gasteiger partial charge in [-0.3, -0.25) is 19.1 Å². The lowest BCUT2D eigenvalue weighted by Crippen LogP contribution is -2.40. The summed E-state index contributed by atoms with van der Waals surface area (Å²) in [6, 6.07) is 7.22. The second-order valence-corrected chi connectivity index (χ2v) is 9.16. The predicted molar refractivity (Wildman–Crippen MR) is 123 cm³/mol. The van der Waals surface area contributed by atoms with Crippen LogP contribution >= 0.6 is 0 Å². The summed E-state index contributed by atoms with van der Waals surface area (Å²) in [6.45, 7) is 2.08. The molecule has 1 aliphatic carbocycles. The van der Waals surface area contributed by atoms with Gasteiger partial charge in [0.1, 0.15) is 12.1 Å². The van der Waals surface area contributed by atoms with Gasteiger partial charge in [-0.25, -0.2) is 9.97 Å². The summed E-state index contributed by atoms with van der Waals surface area (Å²) in [7, 11) is 0. The number of nitrogens with zero attached hydrogens (tertiary/aromatic N) is 5. The lowest BCUT2D eigenvalue weighted by atomic mass is 9.90. The molecule has 1 spiro atoms. The molecule has 6 rings (SSSR count). The van der Waals surface area contributed by atoms with Crippen molar-refractivity contribution in [3.8, 4) is 5.82 Å². The maximum atomic E-state index is 13.0. The number of carbonyl (C=O) groups is 2. The van der Waals surface area contributed by atoms with Gasteiger partial charge in [0, 0.05) is 49.8 Å². The summed E-state index contributed by atoms with van der Waals surface area (Å²) in [4.78, 5) is 39.8. The van der Waals surface area contributed by atoms with E-state index in [9.17, 15) is 9.59 Å². The minimum Gasteiger partial charge on any atom is -0.449 e. The average molecular weight is 457 g/mol. The molecule has 1 N–H and O–H groups in total. The van der Waals surface area contributed by atoms with Crippen LogP contribution in [0.4, 0.5) is 0 Å². The second-order valence-electron chi connectivity index (χ2n) is 9.16. The number of imidazole rings is 1. The van der Waals surface area contributed by atoms with Crippen LogP contribution in [0.3, 0.4) is 0 Å². The molecule has 172 valence electrons.